The Hall–Kier alpha value is -2.12. The van der Waals surface area contributed by atoms with E-state index in [-0.39, 0.29) is 5.78 Å². The number of benzene rings is 1. The van der Waals surface area contributed by atoms with Crippen LogP contribution in [-0.2, 0) is 0 Å². The monoisotopic (exact) mass is 346 g/mol. The van der Waals surface area contributed by atoms with Crippen LogP contribution in [-0.4, -0.2) is 28.3 Å². The van der Waals surface area contributed by atoms with Gasteiger partial charge in [0.2, 0.25) is 0 Å². The molecule has 0 fully saturated rings. The summed E-state index contributed by atoms with van der Waals surface area (Å²) in [4.78, 5) is 12.5. The number of para-hydroxylation sites is 1. The molecule has 23 heavy (non-hydrogen) atoms. The van der Waals surface area contributed by atoms with Crippen LogP contribution in [0.3, 0.4) is 0 Å². The molecule has 0 aliphatic rings. The molecule has 0 aliphatic heterocycles. The Labute approximate surface area is 141 Å². The molecule has 0 saturated carbocycles. The molecule has 0 atom stereocenters. The zero-order valence-electron chi connectivity index (χ0n) is 12.4. The van der Waals surface area contributed by atoms with Crippen LogP contribution in [0.2, 0.25) is 0 Å². The van der Waals surface area contributed by atoms with Crippen LogP contribution in [0.1, 0.15) is 17.3 Å². The van der Waals surface area contributed by atoms with Crippen molar-refractivity contribution >= 4 is 28.9 Å². The van der Waals surface area contributed by atoms with E-state index in [0.29, 0.717) is 34.8 Å². The van der Waals surface area contributed by atoms with Gasteiger partial charge in [0.15, 0.2) is 5.78 Å². The van der Waals surface area contributed by atoms with Crippen LogP contribution >= 0.6 is 23.1 Å². The molecule has 0 aliphatic carbocycles. The van der Waals surface area contributed by atoms with Gasteiger partial charge in [-0.1, -0.05) is 30.0 Å². The third-order valence-electron chi connectivity index (χ3n) is 2.97. The summed E-state index contributed by atoms with van der Waals surface area (Å²) in [7, 11) is 0. The third kappa shape index (κ3) is 4.00. The lowest BCUT2D eigenvalue weighted by Crippen LogP contribution is -2.04. The Kier molecular flexibility index (Phi) is 5.09. The summed E-state index contributed by atoms with van der Waals surface area (Å²) < 4.78 is 11.3. The van der Waals surface area contributed by atoms with Crippen LogP contribution in [0.5, 0.6) is 5.75 Å². The van der Waals surface area contributed by atoms with E-state index in [9.17, 15) is 4.79 Å². The first-order valence-corrected chi connectivity index (χ1v) is 8.83. The summed E-state index contributed by atoms with van der Waals surface area (Å²) in [5.74, 6) is 1.78. The van der Waals surface area contributed by atoms with Gasteiger partial charge >= 0.3 is 0 Å². The summed E-state index contributed by atoms with van der Waals surface area (Å²) in [6.07, 6.45) is 0. The zero-order valence-corrected chi connectivity index (χ0v) is 14.0. The number of carbonyl (C=O) groups is 1. The van der Waals surface area contributed by atoms with E-state index < -0.39 is 0 Å². The second-order valence-corrected chi connectivity index (χ2v) is 6.59. The lowest BCUT2D eigenvalue weighted by Gasteiger charge is -2.08. The molecular weight excluding hydrogens is 332 g/mol. The number of ketones is 1. The van der Waals surface area contributed by atoms with Crippen molar-refractivity contribution in [1.82, 2.24) is 10.2 Å². The number of rotatable bonds is 7. The lowest BCUT2D eigenvalue weighted by molar-refractivity contribution is 0.101. The average Bonchev–Trinajstić information content (AvgIpc) is 3.23. The van der Waals surface area contributed by atoms with Crippen LogP contribution in [0, 0.1) is 0 Å². The largest absolute Gasteiger partial charge is 0.492 e. The summed E-state index contributed by atoms with van der Waals surface area (Å²) in [5, 5.41) is 10.5. The molecule has 0 unspecified atom stereocenters. The molecule has 0 N–H and O–H groups in total. The Morgan fingerprint density at radius 3 is 2.91 bits per heavy atom. The van der Waals surface area contributed by atoms with Gasteiger partial charge in [0.05, 0.1) is 17.0 Å². The minimum absolute atomic E-state index is 0.00857. The predicted molar refractivity (Wildman–Crippen MR) is 90.3 cm³/mol. The maximum atomic E-state index is 11.5. The first-order chi connectivity index (χ1) is 11.2. The van der Waals surface area contributed by atoms with Gasteiger partial charge in [0, 0.05) is 5.75 Å². The molecule has 0 bridgehead atoms. The van der Waals surface area contributed by atoms with Crippen molar-refractivity contribution in [3.63, 3.8) is 0 Å². The second-order valence-electron chi connectivity index (χ2n) is 4.60. The second kappa shape index (κ2) is 7.43. The Balaban J connectivity index is 1.52. The molecule has 3 aromatic rings. The van der Waals surface area contributed by atoms with Crippen molar-refractivity contribution in [3.8, 4) is 16.5 Å². The fourth-order valence-electron chi connectivity index (χ4n) is 1.93. The number of thioether (sulfide) groups is 1. The SMILES string of the molecule is CC(=O)c1ccccc1OCCSc1nnc(-c2cccs2)o1. The Morgan fingerprint density at radius 1 is 1.26 bits per heavy atom. The minimum Gasteiger partial charge on any atom is -0.492 e. The topological polar surface area (TPSA) is 65.2 Å². The van der Waals surface area contributed by atoms with E-state index in [1.807, 2.05) is 29.6 Å². The molecular formula is C16H14N2O3S2. The van der Waals surface area contributed by atoms with Gasteiger partial charge < -0.3 is 9.15 Å². The zero-order chi connectivity index (χ0) is 16.1. The smallest absolute Gasteiger partial charge is 0.277 e. The van der Waals surface area contributed by atoms with Crippen molar-refractivity contribution in [2.24, 2.45) is 0 Å². The first-order valence-electron chi connectivity index (χ1n) is 6.97. The summed E-state index contributed by atoms with van der Waals surface area (Å²) in [6.45, 7) is 1.98. The third-order valence-corrected chi connectivity index (χ3v) is 4.61. The molecule has 2 heterocycles. The summed E-state index contributed by atoms with van der Waals surface area (Å²) in [6, 6.07) is 11.1. The van der Waals surface area contributed by atoms with Crippen LogP contribution in [0.4, 0.5) is 0 Å². The van der Waals surface area contributed by atoms with E-state index in [1.165, 1.54) is 18.7 Å². The Bertz CT molecular complexity index is 784. The van der Waals surface area contributed by atoms with Crippen molar-refractivity contribution < 1.29 is 13.9 Å². The van der Waals surface area contributed by atoms with Crippen molar-refractivity contribution in [1.29, 1.82) is 0 Å². The Morgan fingerprint density at radius 2 is 2.13 bits per heavy atom. The van der Waals surface area contributed by atoms with Crippen molar-refractivity contribution in [2.45, 2.75) is 12.1 Å². The molecule has 2 aromatic heterocycles. The molecule has 7 heteroatoms. The molecule has 3 rings (SSSR count). The molecule has 0 radical (unpaired) electrons. The quantitative estimate of drug-likeness (QED) is 0.363. The number of hydrogen-bond donors (Lipinski definition) is 0. The highest BCUT2D eigenvalue weighted by atomic mass is 32.2. The molecule has 0 spiro atoms. The van der Waals surface area contributed by atoms with Crippen molar-refractivity contribution in [2.75, 3.05) is 12.4 Å². The number of carbonyl (C=O) groups excluding carboxylic acids is 1. The van der Waals surface area contributed by atoms with Gasteiger partial charge in [0.1, 0.15) is 5.75 Å². The summed E-state index contributed by atoms with van der Waals surface area (Å²) >= 11 is 2.98. The maximum absolute atomic E-state index is 11.5. The van der Waals surface area contributed by atoms with E-state index in [2.05, 4.69) is 10.2 Å². The first kappa shape index (κ1) is 15.8. The van der Waals surface area contributed by atoms with E-state index in [0.717, 1.165) is 4.88 Å². The summed E-state index contributed by atoms with van der Waals surface area (Å²) in [5.41, 5.74) is 0.593. The lowest BCUT2D eigenvalue weighted by atomic mass is 10.1. The highest BCUT2D eigenvalue weighted by molar-refractivity contribution is 7.99. The molecule has 1 aromatic carbocycles. The standard InChI is InChI=1S/C16H14N2O3S2/c1-11(19)12-5-2-3-6-13(12)20-8-10-23-16-18-17-15(21-16)14-7-4-9-22-14/h2-7,9H,8,10H2,1H3. The van der Waals surface area contributed by atoms with Crippen LogP contribution in [0.25, 0.3) is 10.8 Å². The van der Waals surface area contributed by atoms with E-state index >= 15 is 0 Å². The van der Waals surface area contributed by atoms with Crippen LogP contribution in [0.15, 0.2) is 51.4 Å². The van der Waals surface area contributed by atoms with Gasteiger partial charge in [-0.2, -0.15) is 0 Å². The van der Waals surface area contributed by atoms with Crippen LogP contribution < -0.4 is 4.74 Å². The van der Waals surface area contributed by atoms with E-state index in [4.69, 9.17) is 9.15 Å². The molecule has 118 valence electrons. The normalized spacial score (nSPS) is 10.7. The number of hydrogen-bond acceptors (Lipinski definition) is 7. The molecule has 0 amide bonds. The van der Waals surface area contributed by atoms with Gasteiger partial charge in [0.25, 0.3) is 11.1 Å². The highest BCUT2D eigenvalue weighted by Crippen LogP contribution is 2.26. The number of nitrogens with zero attached hydrogens (tertiary/aromatic N) is 2. The molecule has 0 saturated heterocycles. The highest BCUT2D eigenvalue weighted by Gasteiger charge is 2.10. The fraction of sp³-hybridized carbons (Fsp3) is 0.188. The number of thiophene rings is 1. The van der Waals surface area contributed by atoms with Gasteiger partial charge in [-0.3, -0.25) is 4.79 Å². The van der Waals surface area contributed by atoms with E-state index in [1.54, 1.807) is 23.5 Å². The molecule has 5 nitrogen and oxygen atoms in total. The van der Waals surface area contributed by atoms with Gasteiger partial charge in [-0.05, 0) is 30.5 Å². The number of aromatic nitrogens is 2. The van der Waals surface area contributed by atoms with Crippen molar-refractivity contribution in [3.05, 3.63) is 47.3 Å². The average molecular weight is 346 g/mol. The predicted octanol–water partition coefficient (Wildman–Crippen LogP) is 4.17. The van der Waals surface area contributed by atoms with Gasteiger partial charge in [-0.15, -0.1) is 21.5 Å². The fourth-order valence-corrected chi connectivity index (χ4v) is 3.15. The van der Waals surface area contributed by atoms with Gasteiger partial charge in [-0.25, -0.2) is 0 Å². The number of Topliss-reactive ketones (excluding diaryl/α,β-unsaturated/α-hetero) is 1. The minimum atomic E-state index is -0.00857. The number of ether oxygens (including phenoxy) is 1. The maximum Gasteiger partial charge on any atom is 0.277 e.